The second-order valence-corrected chi connectivity index (χ2v) is 8.30. The van der Waals surface area contributed by atoms with Crippen molar-refractivity contribution in [2.45, 2.75) is 0 Å². The summed E-state index contributed by atoms with van der Waals surface area (Å²) >= 11 is 0. The molecule has 1 heterocycles. The first-order valence-corrected chi connectivity index (χ1v) is 11.2. The maximum Gasteiger partial charge on any atom is 0.0541 e. The van der Waals surface area contributed by atoms with E-state index in [1.165, 1.54) is 49.7 Å². The molecule has 0 atom stereocenters. The molecule has 0 aliphatic carbocycles. The fourth-order valence-electron chi connectivity index (χ4n) is 4.79. The van der Waals surface area contributed by atoms with Crippen LogP contribution in [-0.2, 0) is 0 Å². The fourth-order valence-corrected chi connectivity index (χ4v) is 4.79. The summed E-state index contributed by atoms with van der Waals surface area (Å²) < 4.78 is 2.40. The largest absolute Gasteiger partial charge is 0.309 e. The maximum atomic E-state index is 3.92. The Hall–Kier alpha value is -4.36. The second-order valence-electron chi connectivity index (χ2n) is 8.30. The predicted octanol–water partition coefficient (Wildman–Crippen LogP) is 8.76. The first-order chi connectivity index (χ1) is 16.3. The van der Waals surface area contributed by atoms with Crippen molar-refractivity contribution in [3.05, 3.63) is 133 Å². The molecular formula is C32H23N. The Bertz CT molecular complexity index is 1620. The molecule has 0 saturated heterocycles. The van der Waals surface area contributed by atoms with Crippen LogP contribution in [0.3, 0.4) is 0 Å². The van der Waals surface area contributed by atoms with E-state index in [9.17, 15) is 0 Å². The van der Waals surface area contributed by atoms with Crippen LogP contribution in [0.25, 0.3) is 55.8 Å². The standard InChI is InChI=1S/C32H23N/c1-2-23-11-10-14-25(21-23)26-19-20-32-29(22-26)28-16-7-9-18-31(28)33(32)30-17-8-6-15-27(30)24-12-4-3-5-13-24/h2-22H,1H2. The van der Waals surface area contributed by atoms with Crippen molar-refractivity contribution in [1.82, 2.24) is 4.57 Å². The van der Waals surface area contributed by atoms with Gasteiger partial charge in [0.1, 0.15) is 0 Å². The highest BCUT2D eigenvalue weighted by molar-refractivity contribution is 6.11. The fraction of sp³-hybridized carbons (Fsp3) is 0. The molecule has 6 aromatic rings. The molecule has 0 unspecified atom stereocenters. The minimum Gasteiger partial charge on any atom is -0.309 e. The van der Waals surface area contributed by atoms with E-state index in [0.717, 1.165) is 5.56 Å². The average Bonchev–Trinajstić information content (AvgIpc) is 3.23. The van der Waals surface area contributed by atoms with Crippen LogP contribution < -0.4 is 0 Å². The van der Waals surface area contributed by atoms with Gasteiger partial charge in [-0.3, -0.25) is 0 Å². The first kappa shape index (κ1) is 19.3. The van der Waals surface area contributed by atoms with Crippen LogP contribution in [0.2, 0.25) is 0 Å². The van der Waals surface area contributed by atoms with E-state index in [1.54, 1.807) is 0 Å². The number of rotatable bonds is 4. The van der Waals surface area contributed by atoms with E-state index in [4.69, 9.17) is 0 Å². The molecule has 0 aliphatic rings. The molecular weight excluding hydrogens is 398 g/mol. The zero-order valence-electron chi connectivity index (χ0n) is 18.3. The monoisotopic (exact) mass is 421 g/mol. The number of fused-ring (bicyclic) bond motifs is 3. The highest BCUT2D eigenvalue weighted by atomic mass is 15.0. The molecule has 1 aromatic heterocycles. The van der Waals surface area contributed by atoms with Crippen molar-refractivity contribution in [3.63, 3.8) is 0 Å². The molecule has 0 bridgehead atoms. The van der Waals surface area contributed by atoms with E-state index in [-0.39, 0.29) is 0 Å². The van der Waals surface area contributed by atoms with Gasteiger partial charge in [-0.1, -0.05) is 104 Å². The number of para-hydroxylation sites is 2. The van der Waals surface area contributed by atoms with E-state index in [1.807, 2.05) is 6.08 Å². The Labute approximate surface area is 193 Å². The Kier molecular flexibility index (Phi) is 4.66. The van der Waals surface area contributed by atoms with Gasteiger partial charge in [-0.25, -0.2) is 0 Å². The third-order valence-corrected chi connectivity index (χ3v) is 6.36. The number of hydrogen-bond donors (Lipinski definition) is 0. The minimum absolute atomic E-state index is 1.13. The van der Waals surface area contributed by atoms with Gasteiger partial charge in [-0.2, -0.15) is 0 Å². The van der Waals surface area contributed by atoms with Gasteiger partial charge in [-0.15, -0.1) is 0 Å². The first-order valence-electron chi connectivity index (χ1n) is 11.2. The normalized spacial score (nSPS) is 11.2. The third-order valence-electron chi connectivity index (χ3n) is 6.36. The second kappa shape index (κ2) is 7.96. The zero-order valence-corrected chi connectivity index (χ0v) is 18.3. The topological polar surface area (TPSA) is 4.93 Å². The lowest BCUT2D eigenvalue weighted by molar-refractivity contribution is 1.18. The van der Waals surface area contributed by atoms with Crippen molar-refractivity contribution in [3.8, 4) is 27.9 Å². The van der Waals surface area contributed by atoms with Crippen molar-refractivity contribution >= 4 is 27.9 Å². The number of aromatic nitrogens is 1. The molecule has 1 nitrogen and oxygen atoms in total. The lowest BCUT2D eigenvalue weighted by Crippen LogP contribution is -1.96. The summed E-state index contributed by atoms with van der Waals surface area (Å²) in [5.41, 5.74) is 9.61. The Morgan fingerprint density at radius 2 is 1.21 bits per heavy atom. The van der Waals surface area contributed by atoms with Crippen molar-refractivity contribution in [2.24, 2.45) is 0 Å². The van der Waals surface area contributed by atoms with Gasteiger partial charge in [0.05, 0.1) is 16.7 Å². The van der Waals surface area contributed by atoms with Gasteiger partial charge >= 0.3 is 0 Å². The molecule has 0 N–H and O–H groups in total. The summed E-state index contributed by atoms with van der Waals surface area (Å²) in [6.07, 6.45) is 1.90. The van der Waals surface area contributed by atoms with E-state index >= 15 is 0 Å². The van der Waals surface area contributed by atoms with Crippen LogP contribution in [0.4, 0.5) is 0 Å². The molecule has 0 fully saturated rings. The van der Waals surface area contributed by atoms with Gasteiger partial charge in [0.2, 0.25) is 0 Å². The summed E-state index contributed by atoms with van der Waals surface area (Å²) in [5.74, 6) is 0. The molecule has 0 radical (unpaired) electrons. The summed E-state index contributed by atoms with van der Waals surface area (Å²) in [6, 6.07) is 43.3. The summed E-state index contributed by atoms with van der Waals surface area (Å²) in [5, 5.41) is 2.52. The predicted molar refractivity (Wildman–Crippen MR) is 142 cm³/mol. The molecule has 156 valence electrons. The minimum atomic E-state index is 1.13. The smallest absolute Gasteiger partial charge is 0.0541 e. The molecule has 5 aromatic carbocycles. The van der Waals surface area contributed by atoms with Crippen LogP contribution in [0.15, 0.2) is 128 Å². The van der Waals surface area contributed by atoms with Gasteiger partial charge in [-0.05, 0) is 52.6 Å². The lowest BCUT2D eigenvalue weighted by atomic mass is 10.0. The molecule has 1 heteroatoms. The Morgan fingerprint density at radius 1 is 0.515 bits per heavy atom. The van der Waals surface area contributed by atoms with E-state index < -0.39 is 0 Å². The molecule has 0 spiro atoms. The van der Waals surface area contributed by atoms with Crippen molar-refractivity contribution in [1.29, 1.82) is 0 Å². The number of hydrogen-bond acceptors (Lipinski definition) is 0. The van der Waals surface area contributed by atoms with Gasteiger partial charge < -0.3 is 4.57 Å². The Balaban J connectivity index is 1.64. The van der Waals surface area contributed by atoms with Gasteiger partial charge in [0, 0.05) is 16.3 Å². The molecule has 0 aliphatic heterocycles. The highest BCUT2D eigenvalue weighted by Crippen LogP contribution is 2.37. The van der Waals surface area contributed by atoms with Crippen LogP contribution in [0.1, 0.15) is 5.56 Å². The van der Waals surface area contributed by atoms with E-state index in [0.29, 0.717) is 0 Å². The SMILES string of the molecule is C=Cc1cccc(-c2ccc3c(c2)c2ccccc2n3-c2ccccc2-c2ccccc2)c1. The van der Waals surface area contributed by atoms with E-state index in [2.05, 4.69) is 132 Å². The van der Waals surface area contributed by atoms with Crippen LogP contribution in [-0.4, -0.2) is 4.57 Å². The average molecular weight is 422 g/mol. The number of nitrogens with zero attached hydrogens (tertiary/aromatic N) is 1. The quantitative estimate of drug-likeness (QED) is 0.268. The molecule has 6 rings (SSSR count). The van der Waals surface area contributed by atoms with Crippen molar-refractivity contribution < 1.29 is 0 Å². The molecule has 33 heavy (non-hydrogen) atoms. The maximum absolute atomic E-state index is 3.92. The van der Waals surface area contributed by atoms with Crippen LogP contribution in [0, 0.1) is 0 Å². The molecule has 0 saturated carbocycles. The van der Waals surface area contributed by atoms with Gasteiger partial charge in [0.25, 0.3) is 0 Å². The summed E-state index contributed by atoms with van der Waals surface area (Å²) in [4.78, 5) is 0. The summed E-state index contributed by atoms with van der Waals surface area (Å²) in [6.45, 7) is 3.92. The van der Waals surface area contributed by atoms with Gasteiger partial charge in [0.15, 0.2) is 0 Å². The van der Waals surface area contributed by atoms with Crippen molar-refractivity contribution in [2.75, 3.05) is 0 Å². The lowest BCUT2D eigenvalue weighted by Gasteiger charge is -2.14. The molecule has 0 amide bonds. The third kappa shape index (κ3) is 3.26. The van der Waals surface area contributed by atoms with Crippen LogP contribution in [0.5, 0.6) is 0 Å². The number of benzene rings is 5. The highest BCUT2D eigenvalue weighted by Gasteiger charge is 2.15. The zero-order chi connectivity index (χ0) is 22.2. The van der Waals surface area contributed by atoms with Crippen LogP contribution >= 0.6 is 0 Å². The Morgan fingerprint density at radius 3 is 2.09 bits per heavy atom. The summed E-state index contributed by atoms with van der Waals surface area (Å²) in [7, 11) is 0.